The van der Waals surface area contributed by atoms with Gasteiger partial charge in [0, 0.05) is 11.4 Å². The van der Waals surface area contributed by atoms with Gasteiger partial charge in [-0.3, -0.25) is 4.79 Å². The van der Waals surface area contributed by atoms with Crippen LogP contribution in [0.3, 0.4) is 0 Å². The first kappa shape index (κ1) is 20.2. The molecule has 8 heteroatoms. The minimum Gasteiger partial charge on any atom is -0.492 e. The average Bonchev–Trinajstić information content (AvgIpc) is 2.70. The maximum absolute atomic E-state index is 13.7. The monoisotopic (exact) mass is 413 g/mol. The van der Waals surface area contributed by atoms with Crippen molar-refractivity contribution in [2.75, 3.05) is 23.1 Å². The lowest BCUT2D eigenvalue weighted by Crippen LogP contribution is -2.19. The molecule has 0 aliphatic carbocycles. The van der Waals surface area contributed by atoms with Crippen molar-refractivity contribution < 1.29 is 18.3 Å². The fourth-order valence-corrected chi connectivity index (χ4v) is 2.81. The predicted molar refractivity (Wildman–Crippen MR) is 114 cm³/mol. The summed E-state index contributed by atoms with van der Waals surface area (Å²) in [6.07, 6.45) is 0. The van der Waals surface area contributed by atoms with E-state index in [1.807, 2.05) is 0 Å². The number of rotatable bonds is 5. The quantitative estimate of drug-likeness (QED) is 0.512. The lowest BCUT2D eigenvalue weighted by atomic mass is 10.2. The van der Waals surface area contributed by atoms with Gasteiger partial charge in [0.25, 0.3) is 5.91 Å². The number of amides is 1. The number of benzene rings is 3. The van der Waals surface area contributed by atoms with Crippen molar-refractivity contribution in [3.63, 3.8) is 0 Å². The maximum atomic E-state index is 13.7. The fraction of sp³-hybridized carbons (Fsp3) is 0.0476. The Morgan fingerprint density at radius 2 is 1.45 bits per heavy atom. The van der Waals surface area contributed by atoms with E-state index in [2.05, 4.69) is 16.0 Å². The Morgan fingerprint density at radius 3 is 2.10 bits per heavy atom. The van der Waals surface area contributed by atoms with E-state index < -0.39 is 17.5 Å². The van der Waals surface area contributed by atoms with Crippen molar-refractivity contribution in [3.05, 3.63) is 83.9 Å². The molecule has 0 spiro atoms. The van der Waals surface area contributed by atoms with E-state index in [1.54, 1.807) is 36.4 Å². The molecule has 0 aliphatic rings. The minimum absolute atomic E-state index is 0.0379. The first-order valence-corrected chi connectivity index (χ1v) is 8.95. The standard InChI is InChI=1S/C21H17F2N3O2S/c1-28-19-17(23)7-4-8-18(19)26-21(29)25-14-11-9-13(10-12-14)24-20(27)15-5-2-3-6-16(15)22/h2-12H,1H3,(H,24,27)(H2,25,26,29). The van der Waals surface area contributed by atoms with Crippen molar-refractivity contribution in [2.24, 2.45) is 0 Å². The van der Waals surface area contributed by atoms with Crippen molar-refractivity contribution in [3.8, 4) is 5.75 Å². The molecule has 3 aromatic carbocycles. The Labute approximate surface area is 171 Å². The van der Waals surface area contributed by atoms with Crippen LogP contribution in [0.15, 0.2) is 66.7 Å². The van der Waals surface area contributed by atoms with Gasteiger partial charge in [0.2, 0.25) is 0 Å². The van der Waals surface area contributed by atoms with Gasteiger partial charge < -0.3 is 20.7 Å². The zero-order valence-corrected chi connectivity index (χ0v) is 16.1. The molecule has 29 heavy (non-hydrogen) atoms. The summed E-state index contributed by atoms with van der Waals surface area (Å²) < 4.78 is 32.5. The van der Waals surface area contributed by atoms with E-state index in [1.165, 1.54) is 37.4 Å². The Hall–Kier alpha value is -3.52. The highest BCUT2D eigenvalue weighted by Crippen LogP contribution is 2.27. The minimum atomic E-state index is -0.590. The fourth-order valence-electron chi connectivity index (χ4n) is 2.58. The molecule has 0 heterocycles. The van der Waals surface area contributed by atoms with Crippen LogP contribution in [0.1, 0.15) is 10.4 Å². The van der Waals surface area contributed by atoms with Crippen molar-refractivity contribution in [2.45, 2.75) is 0 Å². The van der Waals surface area contributed by atoms with Crippen LogP contribution in [0, 0.1) is 11.6 Å². The summed E-state index contributed by atoms with van der Waals surface area (Å²) in [4.78, 5) is 12.1. The molecule has 3 N–H and O–H groups in total. The Bertz CT molecular complexity index is 1040. The molecule has 0 aliphatic heterocycles. The molecule has 0 bridgehead atoms. The van der Waals surface area contributed by atoms with Gasteiger partial charge in [-0.2, -0.15) is 0 Å². The molecule has 1 amide bonds. The van der Waals surface area contributed by atoms with Crippen molar-refractivity contribution in [1.82, 2.24) is 0 Å². The maximum Gasteiger partial charge on any atom is 0.258 e. The lowest BCUT2D eigenvalue weighted by molar-refractivity contribution is 0.102. The molecule has 0 saturated carbocycles. The summed E-state index contributed by atoms with van der Waals surface area (Å²) in [6.45, 7) is 0. The molecule has 3 rings (SSSR count). The first-order chi connectivity index (χ1) is 14.0. The van der Waals surface area contributed by atoms with E-state index in [0.717, 1.165) is 0 Å². The lowest BCUT2D eigenvalue weighted by Gasteiger charge is -2.14. The number of para-hydroxylation sites is 1. The van der Waals surface area contributed by atoms with Gasteiger partial charge in [-0.05, 0) is 60.7 Å². The summed E-state index contributed by atoms with van der Waals surface area (Å²) in [6, 6.07) is 16.9. The molecule has 0 atom stereocenters. The highest BCUT2D eigenvalue weighted by molar-refractivity contribution is 7.80. The Morgan fingerprint density at radius 1 is 0.828 bits per heavy atom. The van der Waals surface area contributed by atoms with Crippen LogP contribution in [0.4, 0.5) is 25.8 Å². The van der Waals surface area contributed by atoms with Gasteiger partial charge in [0.15, 0.2) is 16.7 Å². The molecular weight excluding hydrogens is 396 g/mol. The summed E-state index contributed by atoms with van der Waals surface area (Å²) in [5, 5.41) is 8.68. The van der Waals surface area contributed by atoms with E-state index >= 15 is 0 Å². The van der Waals surface area contributed by atoms with Gasteiger partial charge in [-0.25, -0.2) is 8.78 Å². The number of carbonyl (C=O) groups is 1. The van der Waals surface area contributed by atoms with E-state index in [9.17, 15) is 13.6 Å². The van der Waals surface area contributed by atoms with Crippen molar-refractivity contribution >= 4 is 40.3 Å². The number of anilines is 3. The van der Waals surface area contributed by atoms with E-state index in [4.69, 9.17) is 17.0 Å². The van der Waals surface area contributed by atoms with Gasteiger partial charge in [0.1, 0.15) is 5.82 Å². The highest BCUT2D eigenvalue weighted by Gasteiger charge is 2.12. The largest absolute Gasteiger partial charge is 0.492 e. The number of carbonyl (C=O) groups excluding carboxylic acids is 1. The molecule has 0 unspecified atom stereocenters. The van der Waals surface area contributed by atoms with Crippen LogP contribution in [-0.2, 0) is 0 Å². The molecule has 0 saturated heterocycles. The second-order valence-electron chi connectivity index (χ2n) is 5.91. The van der Waals surface area contributed by atoms with Crippen molar-refractivity contribution in [1.29, 1.82) is 0 Å². The second-order valence-corrected chi connectivity index (χ2v) is 6.32. The summed E-state index contributed by atoms with van der Waals surface area (Å²) in [7, 11) is 1.37. The molecule has 0 fully saturated rings. The zero-order chi connectivity index (χ0) is 20.8. The molecule has 5 nitrogen and oxygen atoms in total. The third-order valence-electron chi connectivity index (χ3n) is 3.94. The number of nitrogens with one attached hydrogen (secondary N) is 3. The predicted octanol–water partition coefficient (Wildman–Crippen LogP) is 5.03. The zero-order valence-electron chi connectivity index (χ0n) is 15.3. The Kier molecular flexibility index (Phi) is 6.36. The van der Waals surface area contributed by atoms with Gasteiger partial charge in [-0.15, -0.1) is 0 Å². The normalized spacial score (nSPS) is 10.2. The van der Waals surface area contributed by atoms with Gasteiger partial charge in [-0.1, -0.05) is 18.2 Å². The first-order valence-electron chi connectivity index (χ1n) is 8.54. The number of hydrogen-bond donors (Lipinski definition) is 3. The molecule has 148 valence electrons. The summed E-state index contributed by atoms with van der Waals surface area (Å²) >= 11 is 5.24. The molecule has 0 aromatic heterocycles. The van der Waals surface area contributed by atoms with Crippen LogP contribution < -0.4 is 20.7 Å². The molecular formula is C21H17F2N3O2S. The Balaban J connectivity index is 1.62. The van der Waals surface area contributed by atoms with Crippen LogP contribution >= 0.6 is 12.2 Å². The second kappa shape index (κ2) is 9.11. The molecule has 3 aromatic rings. The third kappa shape index (κ3) is 5.05. The SMILES string of the molecule is COc1c(F)cccc1NC(=S)Nc1ccc(NC(=O)c2ccccc2F)cc1. The van der Waals surface area contributed by atoms with Gasteiger partial charge >= 0.3 is 0 Å². The topological polar surface area (TPSA) is 62.4 Å². The van der Waals surface area contributed by atoms with Crippen LogP contribution in [0.25, 0.3) is 0 Å². The smallest absolute Gasteiger partial charge is 0.258 e. The summed E-state index contributed by atoms with van der Waals surface area (Å²) in [5.41, 5.74) is 1.49. The number of hydrogen-bond acceptors (Lipinski definition) is 3. The van der Waals surface area contributed by atoms with E-state index in [-0.39, 0.29) is 16.4 Å². The molecule has 0 radical (unpaired) electrons. The highest BCUT2D eigenvalue weighted by atomic mass is 32.1. The number of thiocarbonyl (C=S) groups is 1. The average molecular weight is 413 g/mol. The van der Waals surface area contributed by atoms with Crippen LogP contribution in [-0.4, -0.2) is 18.1 Å². The van der Waals surface area contributed by atoms with Crippen LogP contribution in [0.5, 0.6) is 5.75 Å². The summed E-state index contributed by atoms with van der Waals surface area (Å²) in [5.74, 6) is -1.58. The number of methoxy groups -OCH3 is 1. The number of halogens is 2. The third-order valence-corrected chi connectivity index (χ3v) is 4.14. The van der Waals surface area contributed by atoms with Gasteiger partial charge in [0.05, 0.1) is 18.4 Å². The van der Waals surface area contributed by atoms with Crippen LogP contribution in [0.2, 0.25) is 0 Å². The number of ether oxygens (including phenoxy) is 1. The van der Waals surface area contributed by atoms with E-state index in [0.29, 0.717) is 17.1 Å².